The number of hydrogen-bond acceptors (Lipinski definition) is 4. The number of nitrogens with one attached hydrogen (secondary N) is 1. The third-order valence-corrected chi connectivity index (χ3v) is 6.50. The van der Waals surface area contributed by atoms with Crippen molar-refractivity contribution in [2.24, 2.45) is 0 Å². The molecule has 0 bridgehead atoms. The van der Waals surface area contributed by atoms with E-state index in [1.165, 1.54) is 20.3 Å². The fourth-order valence-electron chi connectivity index (χ4n) is 3.46. The van der Waals surface area contributed by atoms with Gasteiger partial charge in [0.25, 0.3) is 0 Å². The van der Waals surface area contributed by atoms with E-state index in [1.54, 1.807) is 30.3 Å². The van der Waals surface area contributed by atoms with Crippen LogP contribution in [0.2, 0.25) is 0 Å². The fourth-order valence-corrected chi connectivity index (χ4v) is 4.89. The number of rotatable bonds is 5. The first-order valence-electron chi connectivity index (χ1n) is 8.74. The number of hydrogen-bond donors (Lipinski definition) is 1. The van der Waals surface area contributed by atoms with Gasteiger partial charge in [0.1, 0.15) is 0 Å². The van der Waals surface area contributed by atoms with Crippen molar-refractivity contribution in [3.8, 4) is 11.5 Å². The summed E-state index contributed by atoms with van der Waals surface area (Å²) in [6.45, 7) is 1.98. The highest BCUT2D eigenvalue weighted by atomic mass is 32.2. The van der Waals surface area contributed by atoms with Crippen LogP contribution in [-0.4, -0.2) is 36.9 Å². The molecule has 28 heavy (non-hydrogen) atoms. The molecule has 2 aromatic rings. The monoisotopic (exact) mass is 413 g/mol. The lowest BCUT2D eigenvalue weighted by atomic mass is 9.82. The van der Waals surface area contributed by atoms with E-state index in [0.29, 0.717) is 22.6 Å². The van der Waals surface area contributed by atoms with Crippen molar-refractivity contribution < 1.29 is 26.9 Å². The van der Waals surface area contributed by atoms with E-state index in [2.05, 4.69) is 5.32 Å². The zero-order chi connectivity index (χ0) is 20.5. The minimum Gasteiger partial charge on any atom is -0.493 e. The van der Waals surface area contributed by atoms with Crippen molar-refractivity contribution in [3.63, 3.8) is 0 Å². The summed E-state index contributed by atoms with van der Waals surface area (Å²) in [5.74, 6) is -0.0410. The van der Waals surface area contributed by atoms with Crippen molar-refractivity contribution in [3.05, 3.63) is 53.1 Å². The summed E-state index contributed by atoms with van der Waals surface area (Å²) in [5, 5.41) is 2.62. The van der Waals surface area contributed by atoms with Gasteiger partial charge >= 0.3 is 6.18 Å². The van der Waals surface area contributed by atoms with E-state index in [9.17, 15) is 17.4 Å². The standard InChI is InChI=1S/C20H22F3NO3S/c1-13-4-6-15(7-5-13)28(25)12-19(20(21,22)23)16-11-18(27-3)17(26-2)10-14(16)8-9-24-19/h4-7,10-11,24H,8-9,12H2,1-3H3/t19-,28-/m1/s1. The molecule has 3 rings (SSSR count). The van der Waals surface area contributed by atoms with Gasteiger partial charge in [-0.2, -0.15) is 13.2 Å². The van der Waals surface area contributed by atoms with Gasteiger partial charge in [0, 0.05) is 11.4 Å². The van der Waals surface area contributed by atoms with Gasteiger partial charge in [-0.1, -0.05) is 17.7 Å². The Labute approximate surface area is 164 Å². The smallest absolute Gasteiger partial charge is 0.411 e. The van der Waals surface area contributed by atoms with Crippen molar-refractivity contribution in [1.82, 2.24) is 5.32 Å². The molecule has 2 aromatic carbocycles. The maximum absolute atomic E-state index is 14.4. The van der Waals surface area contributed by atoms with E-state index >= 15 is 0 Å². The lowest BCUT2D eigenvalue weighted by Gasteiger charge is -2.41. The summed E-state index contributed by atoms with van der Waals surface area (Å²) in [7, 11) is 0.962. The topological polar surface area (TPSA) is 47.6 Å². The third-order valence-electron chi connectivity index (χ3n) is 5.01. The molecular formula is C20H22F3NO3S. The molecule has 4 nitrogen and oxygen atoms in total. The maximum Gasteiger partial charge on any atom is 0.411 e. The SMILES string of the molecule is COc1cc2c(cc1OC)[C@](C[S@@](=O)c1ccc(C)cc1)(C(F)(F)F)NCC2. The average Bonchev–Trinajstić information content (AvgIpc) is 2.66. The molecule has 0 fully saturated rings. The predicted octanol–water partition coefficient (Wildman–Crippen LogP) is 3.72. The summed E-state index contributed by atoms with van der Waals surface area (Å²) in [4.78, 5) is 0.364. The number of ether oxygens (including phenoxy) is 2. The zero-order valence-corrected chi connectivity index (χ0v) is 16.7. The van der Waals surface area contributed by atoms with Crippen LogP contribution in [0, 0.1) is 6.92 Å². The summed E-state index contributed by atoms with van der Waals surface area (Å²) >= 11 is 0. The number of benzene rings is 2. The maximum atomic E-state index is 14.4. The normalized spacial score (nSPS) is 20.4. The Bertz CT molecular complexity index is 884. The van der Waals surface area contributed by atoms with Gasteiger partial charge in [0.05, 0.1) is 30.8 Å². The zero-order valence-electron chi connectivity index (χ0n) is 15.9. The molecule has 1 aliphatic heterocycles. The molecule has 2 atom stereocenters. The van der Waals surface area contributed by atoms with Gasteiger partial charge in [-0.05, 0) is 48.7 Å². The van der Waals surface area contributed by atoms with E-state index in [4.69, 9.17) is 9.47 Å². The van der Waals surface area contributed by atoms with Crippen LogP contribution >= 0.6 is 0 Å². The highest BCUT2D eigenvalue weighted by Crippen LogP contribution is 2.46. The number of alkyl halides is 3. The first kappa shape index (κ1) is 20.7. The van der Waals surface area contributed by atoms with Crippen LogP contribution < -0.4 is 14.8 Å². The molecule has 0 aromatic heterocycles. The van der Waals surface area contributed by atoms with Crippen LogP contribution in [0.4, 0.5) is 13.2 Å². The highest BCUT2D eigenvalue weighted by Gasteiger charge is 2.58. The van der Waals surface area contributed by atoms with Crippen LogP contribution in [0.25, 0.3) is 0 Å². The Morgan fingerprint density at radius 1 is 1.11 bits per heavy atom. The van der Waals surface area contributed by atoms with Gasteiger partial charge in [0.2, 0.25) is 0 Å². The number of aryl methyl sites for hydroxylation is 1. The van der Waals surface area contributed by atoms with Gasteiger partial charge in [-0.15, -0.1) is 0 Å². The average molecular weight is 413 g/mol. The van der Waals surface area contributed by atoms with Crippen LogP contribution in [-0.2, 0) is 22.8 Å². The molecule has 1 N–H and O–H groups in total. The number of halogens is 3. The molecule has 0 amide bonds. The Hall–Kier alpha value is -2.06. The van der Waals surface area contributed by atoms with Gasteiger partial charge in [-0.25, -0.2) is 0 Å². The Balaban J connectivity index is 2.11. The van der Waals surface area contributed by atoms with Crippen molar-refractivity contribution in [2.75, 3.05) is 26.5 Å². The van der Waals surface area contributed by atoms with Crippen LogP contribution in [0.3, 0.4) is 0 Å². The molecule has 0 aliphatic carbocycles. The predicted molar refractivity (Wildman–Crippen MR) is 101 cm³/mol. The highest BCUT2D eigenvalue weighted by molar-refractivity contribution is 7.85. The van der Waals surface area contributed by atoms with Crippen molar-refractivity contribution >= 4 is 10.8 Å². The van der Waals surface area contributed by atoms with Crippen molar-refractivity contribution in [1.29, 1.82) is 0 Å². The summed E-state index contributed by atoms with van der Waals surface area (Å²) in [5.41, 5.74) is -0.946. The van der Waals surface area contributed by atoms with Crippen LogP contribution in [0.5, 0.6) is 11.5 Å². The molecular weight excluding hydrogens is 391 g/mol. The first-order valence-corrected chi connectivity index (χ1v) is 10.1. The van der Waals surface area contributed by atoms with E-state index in [-0.39, 0.29) is 17.9 Å². The molecule has 0 unspecified atom stereocenters. The molecule has 0 saturated heterocycles. The summed E-state index contributed by atoms with van der Waals surface area (Å²) < 4.78 is 66.4. The second-order valence-corrected chi connectivity index (χ2v) is 8.20. The molecule has 1 heterocycles. The largest absolute Gasteiger partial charge is 0.493 e. The molecule has 0 spiro atoms. The molecule has 0 saturated carbocycles. The van der Waals surface area contributed by atoms with E-state index < -0.39 is 28.3 Å². The first-order chi connectivity index (χ1) is 13.2. The minimum atomic E-state index is -4.65. The second-order valence-electron chi connectivity index (χ2n) is 6.75. The van der Waals surface area contributed by atoms with E-state index in [1.807, 2.05) is 6.92 Å². The van der Waals surface area contributed by atoms with Gasteiger partial charge in [0.15, 0.2) is 17.0 Å². The Kier molecular flexibility index (Phi) is 5.72. The second kappa shape index (κ2) is 7.75. The summed E-state index contributed by atoms with van der Waals surface area (Å²) in [6, 6.07) is 9.61. The van der Waals surface area contributed by atoms with E-state index in [0.717, 1.165) is 5.56 Å². The third kappa shape index (κ3) is 3.63. The lowest BCUT2D eigenvalue weighted by molar-refractivity contribution is -0.195. The van der Waals surface area contributed by atoms with Crippen LogP contribution in [0.15, 0.2) is 41.3 Å². The quantitative estimate of drug-likeness (QED) is 0.812. The molecule has 1 aliphatic rings. The number of methoxy groups -OCH3 is 2. The Morgan fingerprint density at radius 3 is 2.29 bits per heavy atom. The minimum absolute atomic E-state index is 0.0318. The van der Waals surface area contributed by atoms with Gasteiger partial charge < -0.3 is 9.47 Å². The molecule has 152 valence electrons. The van der Waals surface area contributed by atoms with Gasteiger partial charge in [-0.3, -0.25) is 9.53 Å². The molecule has 8 heteroatoms. The Morgan fingerprint density at radius 2 is 1.71 bits per heavy atom. The van der Waals surface area contributed by atoms with Crippen LogP contribution in [0.1, 0.15) is 16.7 Å². The summed E-state index contributed by atoms with van der Waals surface area (Å²) in [6.07, 6.45) is -4.24. The molecule has 0 radical (unpaired) electrons. The number of fused-ring (bicyclic) bond motifs is 1. The van der Waals surface area contributed by atoms with Crippen molar-refractivity contribution in [2.45, 2.75) is 30.0 Å². The lowest BCUT2D eigenvalue weighted by Crippen LogP contribution is -2.60. The fraction of sp³-hybridized carbons (Fsp3) is 0.400.